The molecule has 0 unspecified atom stereocenters. The van der Waals surface area contributed by atoms with Crippen LogP contribution in [0.3, 0.4) is 0 Å². The fourth-order valence-corrected chi connectivity index (χ4v) is 5.33. The largest absolute Gasteiger partial charge is 0.494 e. The Balaban J connectivity index is 1.57. The van der Waals surface area contributed by atoms with Gasteiger partial charge in [0.1, 0.15) is 12.3 Å². The molecule has 0 spiro atoms. The van der Waals surface area contributed by atoms with Crippen LogP contribution in [0.25, 0.3) is 10.9 Å². The molecule has 0 fully saturated rings. The molecule has 0 aliphatic carbocycles. The van der Waals surface area contributed by atoms with Crippen molar-refractivity contribution in [3.8, 4) is 5.75 Å². The SMILES string of the molecule is CCOc1ccc(NC(=O)Cn2cc(S(=O)(=O)Cc3ccc(Cl)cc3)c3ccccc32)cc1. The number of para-hydroxylation sites is 1. The van der Waals surface area contributed by atoms with E-state index in [1.165, 1.54) is 6.20 Å². The van der Waals surface area contributed by atoms with Gasteiger partial charge >= 0.3 is 0 Å². The summed E-state index contributed by atoms with van der Waals surface area (Å²) in [7, 11) is -3.65. The smallest absolute Gasteiger partial charge is 0.244 e. The lowest BCUT2D eigenvalue weighted by molar-refractivity contribution is -0.116. The third-order valence-corrected chi connectivity index (χ3v) is 7.08. The molecule has 0 bridgehead atoms. The highest BCUT2D eigenvalue weighted by Gasteiger charge is 2.22. The summed E-state index contributed by atoms with van der Waals surface area (Å²) in [6, 6.07) is 21.0. The van der Waals surface area contributed by atoms with Crippen LogP contribution in [0.1, 0.15) is 12.5 Å². The summed E-state index contributed by atoms with van der Waals surface area (Å²) in [5, 5.41) is 3.97. The van der Waals surface area contributed by atoms with Crippen molar-refractivity contribution >= 4 is 43.9 Å². The molecule has 0 aliphatic rings. The van der Waals surface area contributed by atoms with Crippen LogP contribution in [0.4, 0.5) is 5.69 Å². The number of nitrogens with one attached hydrogen (secondary N) is 1. The van der Waals surface area contributed by atoms with Gasteiger partial charge in [0.05, 0.1) is 17.3 Å². The maximum Gasteiger partial charge on any atom is 0.244 e. The number of halogens is 1. The Hall–Kier alpha value is -3.29. The van der Waals surface area contributed by atoms with E-state index in [1.807, 2.05) is 13.0 Å². The van der Waals surface area contributed by atoms with Crippen LogP contribution in [0.2, 0.25) is 5.02 Å². The van der Waals surface area contributed by atoms with E-state index in [4.69, 9.17) is 16.3 Å². The summed E-state index contributed by atoms with van der Waals surface area (Å²) in [6.07, 6.45) is 1.54. The summed E-state index contributed by atoms with van der Waals surface area (Å²) < 4.78 is 33.5. The van der Waals surface area contributed by atoms with E-state index in [1.54, 1.807) is 71.3 Å². The van der Waals surface area contributed by atoms with Crippen molar-refractivity contribution in [2.45, 2.75) is 24.1 Å². The number of amides is 1. The molecule has 8 heteroatoms. The molecule has 170 valence electrons. The highest BCUT2D eigenvalue weighted by Crippen LogP contribution is 2.28. The number of anilines is 1. The van der Waals surface area contributed by atoms with Gasteiger partial charge in [0.15, 0.2) is 9.84 Å². The molecule has 0 saturated carbocycles. The molecule has 6 nitrogen and oxygen atoms in total. The molecule has 0 saturated heterocycles. The topological polar surface area (TPSA) is 77.4 Å². The van der Waals surface area contributed by atoms with Crippen molar-refractivity contribution in [3.63, 3.8) is 0 Å². The molecule has 33 heavy (non-hydrogen) atoms. The van der Waals surface area contributed by atoms with Gasteiger partial charge in [-0.3, -0.25) is 4.79 Å². The van der Waals surface area contributed by atoms with Crippen LogP contribution in [0.15, 0.2) is 83.9 Å². The summed E-state index contributed by atoms with van der Waals surface area (Å²) in [5.74, 6) is 0.306. The average Bonchev–Trinajstić information content (AvgIpc) is 3.16. The molecule has 3 aromatic carbocycles. The van der Waals surface area contributed by atoms with E-state index in [0.717, 1.165) is 5.75 Å². The van der Waals surface area contributed by atoms with E-state index in [9.17, 15) is 13.2 Å². The lowest BCUT2D eigenvalue weighted by Gasteiger charge is -2.08. The highest BCUT2D eigenvalue weighted by atomic mass is 35.5. The van der Waals surface area contributed by atoms with Gasteiger partial charge in [-0.05, 0) is 55.0 Å². The number of carbonyl (C=O) groups is 1. The minimum atomic E-state index is -3.65. The zero-order valence-corrected chi connectivity index (χ0v) is 19.6. The third kappa shape index (κ3) is 5.38. The minimum absolute atomic E-state index is 0.0236. The van der Waals surface area contributed by atoms with Crippen molar-refractivity contribution in [3.05, 3.63) is 89.6 Å². The number of hydrogen-bond acceptors (Lipinski definition) is 4. The second kappa shape index (κ2) is 9.68. The first-order chi connectivity index (χ1) is 15.9. The van der Waals surface area contributed by atoms with Gasteiger partial charge in [-0.1, -0.05) is 41.9 Å². The predicted octanol–water partition coefficient (Wildman–Crippen LogP) is 5.31. The number of aromatic nitrogens is 1. The van der Waals surface area contributed by atoms with Crippen LogP contribution in [-0.2, 0) is 26.9 Å². The molecular formula is C25H23ClN2O4S. The van der Waals surface area contributed by atoms with E-state index in [-0.39, 0.29) is 23.1 Å². The number of fused-ring (bicyclic) bond motifs is 1. The van der Waals surface area contributed by atoms with Crippen LogP contribution >= 0.6 is 11.6 Å². The van der Waals surface area contributed by atoms with Crippen molar-refractivity contribution in [1.29, 1.82) is 0 Å². The monoisotopic (exact) mass is 482 g/mol. The number of ether oxygens (including phenoxy) is 1. The Labute approximate surface area is 197 Å². The fraction of sp³-hybridized carbons (Fsp3) is 0.160. The van der Waals surface area contributed by atoms with Gasteiger partial charge in [0.25, 0.3) is 0 Å². The van der Waals surface area contributed by atoms with Crippen LogP contribution < -0.4 is 10.1 Å². The molecule has 0 aliphatic heterocycles. The van der Waals surface area contributed by atoms with E-state index >= 15 is 0 Å². The first-order valence-corrected chi connectivity index (χ1v) is 12.5. The Morgan fingerprint density at radius 1 is 1.00 bits per heavy atom. The predicted molar refractivity (Wildman–Crippen MR) is 131 cm³/mol. The molecule has 1 amide bonds. The fourth-order valence-electron chi connectivity index (χ4n) is 3.63. The van der Waals surface area contributed by atoms with Crippen LogP contribution in [0, 0.1) is 0 Å². The van der Waals surface area contributed by atoms with E-state index < -0.39 is 9.84 Å². The number of hydrogen-bond donors (Lipinski definition) is 1. The molecule has 1 heterocycles. The standard InChI is InChI=1S/C25H23ClN2O4S/c1-2-32-21-13-11-20(12-14-21)27-25(29)16-28-15-24(22-5-3-4-6-23(22)28)33(30,31)17-18-7-9-19(26)10-8-18/h3-15H,2,16-17H2,1H3,(H,27,29). The zero-order valence-electron chi connectivity index (χ0n) is 18.0. The Morgan fingerprint density at radius 3 is 2.39 bits per heavy atom. The quantitative estimate of drug-likeness (QED) is 0.369. The maximum atomic E-state index is 13.2. The van der Waals surface area contributed by atoms with Crippen molar-refractivity contribution in [2.75, 3.05) is 11.9 Å². The molecule has 0 atom stereocenters. The van der Waals surface area contributed by atoms with Gasteiger partial charge < -0.3 is 14.6 Å². The van der Waals surface area contributed by atoms with E-state index in [0.29, 0.717) is 33.8 Å². The number of carbonyl (C=O) groups excluding carboxylic acids is 1. The van der Waals surface area contributed by atoms with Crippen molar-refractivity contribution in [1.82, 2.24) is 4.57 Å². The summed E-state index contributed by atoms with van der Waals surface area (Å²) in [4.78, 5) is 12.9. The Morgan fingerprint density at radius 2 is 1.70 bits per heavy atom. The molecular weight excluding hydrogens is 460 g/mol. The number of benzene rings is 3. The summed E-state index contributed by atoms with van der Waals surface area (Å²) >= 11 is 5.91. The molecule has 1 N–H and O–H groups in total. The Bertz CT molecular complexity index is 1380. The number of nitrogens with zero attached hydrogens (tertiary/aromatic N) is 1. The lowest BCUT2D eigenvalue weighted by atomic mass is 10.2. The summed E-state index contributed by atoms with van der Waals surface area (Å²) in [5.41, 5.74) is 1.95. The van der Waals surface area contributed by atoms with E-state index in [2.05, 4.69) is 5.32 Å². The molecule has 1 aromatic heterocycles. The molecule has 0 radical (unpaired) electrons. The zero-order chi connectivity index (χ0) is 23.4. The number of rotatable bonds is 8. The minimum Gasteiger partial charge on any atom is -0.494 e. The number of sulfone groups is 1. The van der Waals surface area contributed by atoms with Gasteiger partial charge in [-0.15, -0.1) is 0 Å². The second-order valence-electron chi connectivity index (χ2n) is 7.53. The van der Waals surface area contributed by atoms with Crippen molar-refractivity contribution < 1.29 is 17.9 Å². The summed E-state index contributed by atoms with van der Waals surface area (Å²) in [6.45, 7) is 2.45. The van der Waals surface area contributed by atoms with Gasteiger partial charge in [0, 0.05) is 27.8 Å². The Kier molecular flexibility index (Phi) is 6.72. The lowest BCUT2D eigenvalue weighted by Crippen LogP contribution is -2.18. The van der Waals surface area contributed by atoms with Crippen molar-refractivity contribution in [2.24, 2.45) is 0 Å². The third-order valence-electron chi connectivity index (χ3n) is 5.12. The first-order valence-electron chi connectivity index (χ1n) is 10.4. The van der Waals surface area contributed by atoms with Gasteiger partial charge in [0.2, 0.25) is 5.91 Å². The normalized spacial score (nSPS) is 11.5. The van der Waals surface area contributed by atoms with Gasteiger partial charge in [-0.2, -0.15) is 0 Å². The van der Waals surface area contributed by atoms with Crippen LogP contribution in [-0.4, -0.2) is 25.5 Å². The van der Waals surface area contributed by atoms with Gasteiger partial charge in [-0.25, -0.2) is 8.42 Å². The molecule has 4 aromatic rings. The first kappa shape index (κ1) is 22.9. The highest BCUT2D eigenvalue weighted by molar-refractivity contribution is 7.90. The average molecular weight is 483 g/mol. The van der Waals surface area contributed by atoms with Crippen LogP contribution in [0.5, 0.6) is 5.75 Å². The second-order valence-corrected chi connectivity index (χ2v) is 9.92. The molecule has 4 rings (SSSR count). The maximum absolute atomic E-state index is 13.2.